The highest BCUT2D eigenvalue weighted by molar-refractivity contribution is 4.90. The van der Waals surface area contributed by atoms with Crippen LogP contribution in [-0.2, 0) is 0 Å². The quantitative estimate of drug-likeness (QED) is 0.541. The van der Waals surface area contributed by atoms with Crippen molar-refractivity contribution in [3.63, 3.8) is 0 Å². The number of β-amino-alcohol motifs (C(OH)–C–C–N with tert-alkyl or cyclic N) is 1. The van der Waals surface area contributed by atoms with Gasteiger partial charge in [0.1, 0.15) is 0 Å². The lowest BCUT2D eigenvalue weighted by atomic mass is 9.93. The van der Waals surface area contributed by atoms with Crippen LogP contribution in [0.3, 0.4) is 0 Å². The number of rotatable bonds is 1. The summed E-state index contributed by atoms with van der Waals surface area (Å²) in [5.74, 6) is 0.443. The van der Waals surface area contributed by atoms with E-state index in [4.69, 9.17) is 0 Å². The minimum absolute atomic E-state index is 0.129. The van der Waals surface area contributed by atoms with Crippen molar-refractivity contribution >= 4 is 0 Å². The predicted octanol–water partition coefficient (Wildman–Crippen LogP) is 0.0989. The SMILES string of the molecule is O[C@@H]1CNC[C@H]1C1CCCCCN1. The first kappa shape index (κ1) is 9.44. The van der Waals surface area contributed by atoms with Crippen LogP contribution < -0.4 is 10.6 Å². The van der Waals surface area contributed by atoms with Crippen molar-refractivity contribution in [2.75, 3.05) is 19.6 Å². The maximum atomic E-state index is 9.73. The maximum Gasteiger partial charge on any atom is 0.0719 e. The highest BCUT2D eigenvalue weighted by Gasteiger charge is 2.32. The average molecular weight is 184 g/mol. The zero-order valence-corrected chi connectivity index (χ0v) is 8.13. The first-order valence-corrected chi connectivity index (χ1v) is 5.50. The van der Waals surface area contributed by atoms with Crippen LogP contribution in [0.25, 0.3) is 0 Å². The van der Waals surface area contributed by atoms with Gasteiger partial charge in [-0.2, -0.15) is 0 Å². The molecule has 2 aliphatic rings. The molecule has 2 heterocycles. The third kappa shape index (κ3) is 2.22. The predicted molar refractivity (Wildman–Crippen MR) is 52.6 cm³/mol. The van der Waals surface area contributed by atoms with Gasteiger partial charge in [0.25, 0.3) is 0 Å². The van der Waals surface area contributed by atoms with E-state index < -0.39 is 0 Å². The summed E-state index contributed by atoms with van der Waals surface area (Å²) in [7, 11) is 0. The standard InChI is InChI=1S/C10H20N2O/c13-10-7-11-6-8(10)9-4-2-1-3-5-12-9/h8-13H,1-7H2/t8-,9?,10+/m0/s1. The molecule has 0 aliphatic carbocycles. The molecule has 3 heteroatoms. The molecule has 2 rings (SSSR count). The highest BCUT2D eigenvalue weighted by atomic mass is 16.3. The highest BCUT2D eigenvalue weighted by Crippen LogP contribution is 2.20. The molecule has 0 saturated carbocycles. The van der Waals surface area contributed by atoms with Crippen LogP contribution in [0, 0.1) is 5.92 Å². The molecule has 0 radical (unpaired) electrons. The third-order valence-electron chi connectivity index (χ3n) is 3.34. The number of hydrogen-bond donors (Lipinski definition) is 3. The van der Waals surface area contributed by atoms with Gasteiger partial charge in [-0.05, 0) is 19.4 Å². The average Bonchev–Trinajstić information content (AvgIpc) is 2.43. The summed E-state index contributed by atoms with van der Waals surface area (Å²) >= 11 is 0. The van der Waals surface area contributed by atoms with Gasteiger partial charge in [-0.3, -0.25) is 0 Å². The number of aliphatic hydroxyl groups excluding tert-OH is 1. The van der Waals surface area contributed by atoms with Crippen molar-refractivity contribution in [3.8, 4) is 0 Å². The molecule has 2 aliphatic heterocycles. The fraction of sp³-hybridized carbons (Fsp3) is 1.00. The fourth-order valence-electron chi connectivity index (χ4n) is 2.52. The van der Waals surface area contributed by atoms with Crippen LogP contribution >= 0.6 is 0 Å². The van der Waals surface area contributed by atoms with Gasteiger partial charge in [0.2, 0.25) is 0 Å². The molecule has 1 unspecified atom stereocenters. The van der Waals surface area contributed by atoms with E-state index in [-0.39, 0.29) is 6.10 Å². The largest absolute Gasteiger partial charge is 0.391 e. The van der Waals surface area contributed by atoms with E-state index >= 15 is 0 Å². The molecule has 3 N–H and O–H groups in total. The monoisotopic (exact) mass is 184 g/mol. The van der Waals surface area contributed by atoms with Crippen LogP contribution in [0.1, 0.15) is 25.7 Å². The van der Waals surface area contributed by atoms with Crippen molar-refractivity contribution in [2.24, 2.45) is 5.92 Å². The molecule has 3 nitrogen and oxygen atoms in total. The van der Waals surface area contributed by atoms with Gasteiger partial charge in [-0.1, -0.05) is 12.8 Å². The van der Waals surface area contributed by atoms with Gasteiger partial charge in [0, 0.05) is 25.0 Å². The zero-order valence-electron chi connectivity index (χ0n) is 8.13. The number of hydrogen-bond acceptors (Lipinski definition) is 3. The van der Waals surface area contributed by atoms with Crippen molar-refractivity contribution in [1.29, 1.82) is 0 Å². The molecule has 0 aromatic carbocycles. The molecule has 2 fully saturated rings. The summed E-state index contributed by atoms with van der Waals surface area (Å²) in [6.45, 7) is 2.90. The first-order valence-electron chi connectivity index (χ1n) is 5.50. The molecule has 0 amide bonds. The van der Waals surface area contributed by atoms with E-state index in [1.54, 1.807) is 0 Å². The van der Waals surface area contributed by atoms with E-state index in [1.165, 1.54) is 25.7 Å². The Morgan fingerprint density at radius 1 is 1.08 bits per heavy atom. The summed E-state index contributed by atoms with van der Waals surface area (Å²) in [6, 6.07) is 0.549. The van der Waals surface area contributed by atoms with Gasteiger partial charge in [-0.25, -0.2) is 0 Å². The van der Waals surface area contributed by atoms with E-state index in [2.05, 4.69) is 10.6 Å². The summed E-state index contributed by atoms with van der Waals surface area (Å²) < 4.78 is 0. The smallest absolute Gasteiger partial charge is 0.0719 e. The molecule has 2 saturated heterocycles. The Kier molecular flexibility index (Phi) is 3.19. The normalized spacial score (nSPS) is 41.8. The minimum Gasteiger partial charge on any atom is -0.391 e. The summed E-state index contributed by atoms with van der Waals surface area (Å²) in [6.07, 6.45) is 5.08. The molecule has 0 spiro atoms. The van der Waals surface area contributed by atoms with E-state index in [0.29, 0.717) is 12.0 Å². The molecule has 76 valence electrons. The van der Waals surface area contributed by atoms with Gasteiger partial charge in [-0.15, -0.1) is 0 Å². The van der Waals surface area contributed by atoms with Crippen LogP contribution in [-0.4, -0.2) is 36.9 Å². The number of nitrogens with one attached hydrogen (secondary N) is 2. The topological polar surface area (TPSA) is 44.3 Å². The summed E-state index contributed by atoms with van der Waals surface area (Å²) in [4.78, 5) is 0. The lowest BCUT2D eigenvalue weighted by molar-refractivity contribution is 0.123. The van der Waals surface area contributed by atoms with Gasteiger partial charge in [0.05, 0.1) is 6.10 Å². The second-order valence-electron chi connectivity index (χ2n) is 4.30. The molecular formula is C10H20N2O. The van der Waals surface area contributed by atoms with Crippen LogP contribution in [0.4, 0.5) is 0 Å². The van der Waals surface area contributed by atoms with Crippen LogP contribution in [0.15, 0.2) is 0 Å². The fourth-order valence-corrected chi connectivity index (χ4v) is 2.52. The lowest BCUT2D eigenvalue weighted by Crippen LogP contribution is -2.41. The van der Waals surface area contributed by atoms with Crippen molar-refractivity contribution in [1.82, 2.24) is 10.6 Å². The van der Waals surface area contributed by atoms with Crippen LogP contribution in [0.2, 0.25) is 0 Å². The minimum atomic E-state index is -0.129. The Labute approximate surface area is 79.9 Å². The van der Waals surface area contributed by atoms with Gasteiger partial charge in [0.15, 0.2) is 0 Å². The molecular weight excluding hydrogens is 164 g/mol. The Bertz CT molecular complexity index is 155. The van der Waals surface area contributed by atoms with Crippen molar-refractivity contribution in [2.45, 2.75) is 37.8 Å². The molecule has 0 bridgehead atoms. The van der Waals surface area contributed by atoms with E-state index in [1.807, 2.05) is 0 Å². The van der Waals surface area contributed by atoms with Gasteiger partial charge < -0.3 is 15.7 Å². The first-order chi connectivity index (χ1) is 6.38. The van der Waals surface area contributed by atoms with E-state index in [9.17, 15) is 5.11 Å². The summed E-state index contributed by atoms with van der Waals surface area (Å²) in [5.41, 5.74) is 0. The van der Waals surface area contributed by atoms with Crippen molar-refractivity contribution in [3.05, 3.63) is 0 Å². The molecule has 3 atom stereocenters. The molecule has 13 heavy (non-hydrogen) atoms. The summed E-state index contributed by atoms with van der Waals surface area (Å²) in [5, 5.41) is 16.5. The molecule has 0 aromatic heterocycles. The van der Waals surface area contributed by atoms with Crippen LogP contribution in [0.5, 0.6) is 0 Å². The Hall–Kier alpha value is -0.120. The second-order valence-corrected chi connectivity index (χ2v) is 4.30. The molecule has 0 aromatic rings. The Balaban J connectivity index is 1.89. The van der Waals surface area contributed by atoms with Crippen molar-refractivity contribution < 1.29 is 5.11 Å². The second kappa shape index (κ2) is 4.40. The Morgan fingerprint density at radius 3 is 2.77 bits per heavy atom. The van der Waals surface area contributed by atoms with Gasteiger partial charge >= 0.3 is 0 Å². The number of aliphatic hydroxyl groups is 1. The Morgan fingerprint density at radius 2 is 2.00 bits per heavy atom. The lowest BCUT2D eigenvalue weighted by Gasteiger charge is -2.24. The zero-order chi connectivity index (χ0) is 9.10. The third-order valence-corrected chi connectivity index (χ3v) is 3.34. The van der Waals surface area contributed by atoms with E-state index in [0.717, 1.165) is 19.6 Å². The maximum absolute atomic E-state index is 9.73.